The number of aryl methyl sites for hydroxylation is 4. The lowest BCUT2D eigenvalue weighted by Crippen LogP contribution is -2.31. The van der Waals surface area contributed by atoms with Gasteiger partial charge in [-0.3, -0.25) is 16.0 Å². The summed E-state index contributed by atoms with van der Waals surface area (Å²) in [5.41, 5.74) is 7.47. The lowest BCUT2D eigenvalue weighted by atomic mass is 9.98. The minimum Gasteiger partial charge on any atom is -0.466 e. The lowest BCUT2D eigenvalue weighted by molar-refractivity contribution is 0.477. The molecule has 0 aromatic carbocycles. The van der Waals surface area contributed by atoms with Crippen molar-refractivity contribution in [1.29, 1.82) is 0 Å². The van der Waals surface area contributed by atoms with Crippen molar-refractivity contribution in [1.82, 2.24) is 15.2 Å². The zero-order valence-electron chi connectivity index (χ0n) is 12.9. The normalized spacial score (nSPS) is 12.9. The van der Waals surface area contributed by atoms with Crippen molar-refractivity contribution in [2.45, 2.75) is 53.6 Å². The number of nitrogens with two attached hydrogens (primary N) is 1. The van der Waals surface area contributed by atoms with Crippen LogP contribution >= 0.6 is 0 Å². The van der Waals surface area contributed by atoms with Crippen LogP contribution in [0.3, 0.4) is 0 Å². The molecule has 1 atom stereocenters. The molecule has 0 aliphatic heterocycles. The first-order chi connectivity index (χ1) is 9.47. The van der Waals surface area contributed by atoms with E-state index in [1.54, 1.807) is 0 Å². The number of hydrogen-bond donors (Lipinski definition) is 2. The molecule has 0 fully saturated rings. The molecule has 110 valence electrons. The quantitative estimate of drug-likeness (QED) is 0.650. The fourth-order valence-electron chi connectivity index (χ4n) is 2.81. The Kier molecular flexibility index (Phi) is 4.30. The summed E-state index contributed by atoms with van der Waals surface area (Å²) in [4.78, 5) is 0. The Labute approximate surface area is 120 Å². The van der Waals surface area contributed by atoms with Crippen LogP contribution in [-0.4, -0.2) is 9.78 Å². The van der Waals surface area contributed by atoms with Crippen LogP contribution in [0, 0.1) is 27.7 Å². The van der Waals surface area contributed by atoms with Crippen LogP contribution in [0.25, 0.3) is 0 Å². The van der Waals surface area contributed by atoms with Crippen molar-refractivity contribution in [3.8, 4) is 0 Å². The predicted octanol–water partition coefficient (Wildman–Crippen LogP) is 2.48. The Balaban J connectivity index is 2.33. The van der Waals surface area contributed by atoms with Crippen LogP contribution in [0.4, 0.5) is 0 Å². The molecule has 0 amide bonds. The Bertz CT molecular complexity index is 597. The smallest absolute Gasteiger partial charge is 0.106 e. The van der Waals surface area contributed by atoms with Gasteiger partial charge in [-0.1, -0.05) is 0 Å². The summed E-state index contributed by atoms with van der Waals surface area (Å²) in [6, 6.07) is 2.15. The highest BCUT2D eigenvalue weighted by Crippen LogP contribution is 2.29. The first-order valence-electron chi connectivity index (χ1n) is 7.03. The van der Waals surface area contributed by atoms with Gasteiger partial charge in [0.2, 0.25) is 0 Å². The number of nitrogens with one attached hydrogen (secondary N) is 1. The van der Waals surface area contributed by atoms with Gasteiger partial charge in [0.05, 0.1) is 11.7 Å². The monoisotopic (exact) mass is 276 g/mol. The first kappa shape index (κ1) is 14.8. The van der Waals surface area contributed by atoms with E-state index in [0.717, 1.165) is 35.7 Å². The van der Waals surface area contributed by atoms with Crippen molar-refractivity contribution in [3.05, 3.63) is 40.1 Å². The third kappa shape index (κ3) is 2.64. The summed E-state index contributed by atoms with van der Waals surface area (Å²) in [5, 5.41) is 4.48. The number of hydrazine groups is 1. The molecule has 2 aromatic rings. The highest BCUT2D eigenvalue weighted by Gasteiger charge is 2.22. The average Bonchev–Trinajstić information content (AvgIpc) is 2.88. The molecule has 0 aliphatic rings. The van der Waals surface area contributed by atoms with Gasteiger partial charge in [-0.05, 0) is 46.2 Å². The van der Waals surface area contributed by atoms with Crippen LogP contribution in [0.1, 0.15) is 47.0 Å². The van der Waals surface area contributed by atoms with Gasteiger partial charge in [0.15, 0.2) is 0 Å². The van der Waals surface area contributed by atoms with Crippen LogP contribution in [0.5, 0.6) is 0 Å². The van der Waals surface area contributed by atoms with Crippen molar-refractivity contribution < 1.29 is 4.42 Å². The molecule has 20 heavy (non-hydrogen) atoms. The number of nitrogens with zero attached hydrogens (tertiary/aromatic N) is 2. The number of hydrogen-bond acceptors (Lipinski definition) is 4. The zero-order chi connectivity index (χ0) is 14.9. The van der Waals surface area contributed by atoms with Crippen molar-refractivity contribution in [2.24, 2.45) is 5.84 Å². The van der Waals surface area contributed by atoms with Gasteiger partial charge in [-0.2, -0.15) is 5.10 Å². The molecule has 0 radical (unpaired) electrons. The van der Waals surface area contributed by atoms with Gasteiger partial charge in [-0.25, -0.2) is 0 Å². The second-order valence-electron chi connectivity index (χ2n) is 5.27. The van der Waals surface area contributed by atoms with Crippen molar-refractivity contribution >= 4 is 0 Å². The van der Waals surface area contributed by atoms with Crippen LogP contribution in [-0.2, 0) is 13.0 Å². The Morgan fingerprint density at radius 2 is 2.00 bits per heavy atom. The van der Waals surface area contributed by atoms with Crippen LogP contribution < -0.4 is 11.3 Å². The predicted molar refractivity (Wildman–Crippen MR) is 79.3 cm³/mol. The minimum absolute atomic E-state index is 0.0360. The van der Waals surface area contributed by atoms with E-state index in [1.165, 1.54) is 11.3 Å². The molecule has 0 saturated carbocycles. The van der Waals surface area contributed by atoms with E-state index >= 15 is 0 Å². The van der Waals surface area contributed by atoms with E-state index in [2.05, 4.69) is 30.4 Å². The molecule has 0 saturated heterocycles. The highest BCUT2D eigenvalue weighted by atomic mass is 16.3. The molecule has 5 heteroatoms. The SMILES string of the molecule is CCn1nc(C)cc1CC(NN)c1c(C)oc(C)c1C. The topological polar surface area (TPSA) is 69.0 Å². The zero-order valence-corrected chi connectivity index (χ0v) is 12.9. The van der Waals surface area contributed by atoms with Gasteiger partial charge >= 0.3 is 0 Å². The molecule has 5 nitrogen and oxygen atoms in total. The summed E-state index contributed by atoms with van der Waals surface area (Å²) in [7, 11) is 0. The third-order valence-electron chi connectivity index (χ3n) is 3.87. The minimum atomic E-state index is 0.0360. The lowest BCUT2D eigenvalue weighted by Gasteiger charge is -2.17. The van der Waals surface area contributed by atoms with Crippen molar-refractivity contribution in [3.63, 3.8) is 0 Å². The highest BCUT2D eigenvalue weighted by molar-refractivity contribution is 5.35. The Hall–Kier alpha value is -1.59. The van der Waals surface area contributed by atoms with E-state index < -0.39 is 0 Å². The molecule has 2 heterocycles. The molecular formula is C15H24N4O. The van der Waals surface area contributed by atoms with Crippen LogP contribution in [0.15, 0.2) is 10.5 Å². The number of rotatable bonds is 5. The maximum Gasteiger partial charge on any atom is 0.106 e. The summed E-state index contributed by atoms with van der Waals surface area (Å²) in [5.74, 6) is 7.67. The van der Waals surface area contributed by atoms with Gasteiger partial charge in [0, 0.05) is 24.2 Å². The summed E-state index contributed by atoms with van der Waals surface area (Å²) in [6.45, 7) is 11.0. The maximum absolute atomic E-state index is 5.78. The molecule has 2 rings (SSSR count). The molecule has 2 aromatic heterocycles. The van der Waals surface area contributed by atoms with E-state index in [9.17, 15) is 0 Å². The summed E-state index contributed by atoms with van der Waals surface area (Å²) in [6.07, 6.45) is 0.797. The second-order valence-corrected chi connectivity index (χ2v) is 5.27. The molecule has 3 N–H and O–H groups in total. The fourth-order valence-corrected chi connectivity index (χ4v) is 2.81. The molecule has 1 unspecified atom stereocenters. The molecule has 0 aliphatic carbocycles. The molecular weight excluding hydrogens is 252 g/mol. The van der Waals surface area contributed by atoms with Crippen LogP contribution in [0.2, 0.25) is 0 Å². The van der Waals surface area contributed by atoms with Gasteiger partial charge in [0.1, 0.15) is 11.5 Å². The first-order valence-corrected chi connectivity index (χ1v) is 7.03. The fraction of sp³-hybridized carbons (Fsp3) is 0.533. The largest absolute Gasteiger partial charge is 0.466 e. The second kappa shape index (κ2) is 5.81. The summed E-state index contributed by atoms with van der Waals surface area (Å²) < 4.78 is 7.73. The van der Waals surface area contributed by atoms with Crippen molar-refractivity contribution in [2.75, 3.05) is 0 Å². The Morgan fingerprint density at radius 1 is 1.30 bits per heavy atom. The summed E-state index contributed by atoms with van der Waals surface area (Å²) >= 11 is 0. The third-order valence-corrected chi connectivity index (χ3v) is 3.87. The van der Waals surface area contributed by atoms with E-state index in [-0.39, 0.29) is 6.04 Å². The van der Waals surface area contributed by atoms with E-state index in [1.807, 2.05) is 25.5 Å². The van der Waals surface area contributed by atoms with Gasteiger partial charge < -0.3 is 4.42 Å². The number of aromatic nitrogens is 2. The van der Waals surface area contributed by atoms with E-state index in [4.69, 9.17) is 10.3 Å². The standard InChI is InChI=1S/C15H24N4O/c1-6-19-13(7-9(2)18-19)8-14(17-16)15-10(3)11(4)20-12(15)5/h7,14,17H,6,8,16H2,1-5H3. The average molecular weight is 276 g/mol. The number of furan rings is 1. The van der Waals surface area contributed by atoms with E-state index in [0.29, 0.717) is 0 Å². The molecule has 0 spiro atoms. The maximum atomic E-state index is 5.78. The van der Waals surface area contributed by atoms with Gasteiger partial charge in [0.25, 0.3) is 0 Å². The Morgan fingerprint density at radius 3 is 2.50 bits per heavy atom. The molecule has 0 bridgehead atoms. The van der Waals surface area contributed by atoms with Gasteiger partial charge in [-0.15, -0.1) is 0 Å².